The molecule has 1 saturated heterocycles. The average molecular weight is 460 g/mol. The fourth-order valence-electron chi connectivity index (χ4n) is 4.53. The standard InChI is InChI=1S/C24H27N8O2/c1-3-4-12-30-22-20(28-24(30)29-11-7-8-17(25)14-29)13-26-31(23(22)33)15-21-27-19-10-6-5-9-18(19)16(2)32(21)34/h5-6,9-10,13,17,34H,7-8,11-12,14-15,25H2,1-2H3/q+1/t17-/m1/s1. The molecule has 34 heavy (non-hydrogen) atoms. The molecule has 1 fully saturated rings. The minimum absolute atomic E-state index is 0.00546. The summed E-state index contributed by atoms with van der Waals surface area (Å²) in [4.78, 5) is 25.0. The van der Waals surface area contributed by atoms with Crippen LogP contribution >= 0.6 is 0 Å². The highest BCUT2D eigenvalue weighted by Crippen LogP contribution is 2.23. The van der Waals surface area contributed by atoms with Crippen LogP contribution in [0.25, 0.3) is 21.9 Å². The predicted molar refractivity (Wildman–Crippen MR) is 128 cm³/mol. The molecule has 1 aliphatic rings. The molecule has 10 heteroatoms. The van der Waals surface area contributed by atoms with E-state index >= 15 is 0 Å². The number of para-hydroxylation sites is 1. The maximum atomic E-state index is 13.6. The molecule has 1 atom stereocenters. The number of aryl methyl sites for hydroxylation is 1. The highest BCUT2D eigenvalue weighted by Gasteiger charge is 2.26. The lowest BCUT2D eigenvalue weighted by Crippen LogP contribution is -2.44. The van der Waals surface area contributed by atoms with Gasteiger partial charge in [0.2, 0.25) is 5.95 Å². The first-order valence-corrected chi connectivity index (χ1v) is 11.3. The van der Waals surface area contributed by atoms with Crippen molar-refractivity contribution in [2.45, 2.75) is 45.8 Å². The van der Waals surface area contributed by atoms with Crippen LogP contribution < -0.4 is 20.9 Å². The molecule has 4 heterocycles. The second-order valence-electron chi connectivity index (χ2n) is 8.56. The van der Waals surface area contributed by atoms with Gasteiger partial charge in [0.05, 0.1) is 18.1 Å². The second-order valence-corrected chi connectivity index (χ2v) is 8.56. The number of hydrogen-bond donors (Lipinski definition) is 2. The molecule has 1 aliphatic heterocycles. The molecule has 10 nitrogen and oxygen atoms in total. The van der Waals surface area contributed by atoms with Gasteiger partial charge in [-0.3, -0.25) is 9.36 Å². The Hall–Kier alpha value is -3.97. The Morgan fingerprint density at radius 2 is 2.09 bits per heavy atom. The summed E-state index contributed by atoms with van der Waals surface area (Å²) >= 11 is 0. The number of anilines is 1. The van der Waals surface area contributed by atoms with Gasteiger partial charge in [0, 0.05) is 26.1 Å². The van der Waals surface area contributed by atoms with Gasteiger partial charge in [-0.05, 0) is 41.6 Å². The summed E-state index contributed by atoms with van der Waals surface area (Å²) < 4.78 is 4.16. The Labute approximate surface area is 196 Å². The van der Waals surface area contributed by atoms with E-state index in [0.29, 0.717) is 41.6 Å². The maximum Gasteiger partial charge on any atom is 0.359 e. The van der Waals surface area contributed by atoms with Crippen LogP contribution in [0.3, 0.4) is 0 Å². The van der Waals surface area contributed by atoms with Crippen molar-refractivity contribution in [3.05, 3.63) is 52.3 Å². The van der Waals surface area contributed by atoms with Crippen molar-refractivity contribution >= 4 is 27.9 Å². The van der Waals surface area contributed by atoms with Crippen LogP contribution in [0.1, 0.15) is 31.3 Å². The lowest BCUT2D eigenvalue weighted by atomic mass is 10.1. The van der Waals surface area contributed by atoms with Crippen LogP contribution in [0.5, 0.6) is 0 Å². The summed E-state index contributed by atoms with van der Waals surface area (Å²) in [7, 11) is 0. The topological polar surface area (TPSA) is 119 Å². The van der Waals surface area contributed by atoms with Gasteiger partial charge < -0.3 is 15.8 Å². The third kappa shape index (κ3) is 3.74. The fourth-order valence-corrected chi connectivity index (χ4v) is 4.53. The number of benzene rings is 1. The number of piperidine rings is 1. The van der Waals surface area contributed by atoms with Crippen molar-refractivity contribution < 1.29 is 9.94 Å². The molecule has 0 bridgehead atoms. The average Bonchev–Trinajstić information content (AvgIpc) is 3.22. The Kier molecular flexibility index (Phi) is 5.63. The van der Waals surface area contributed by atoms with Gasteiger partial charge in [0.15, 0.2) is 17.8 Å². The second kappa shape index (κ2) is 8.76. The van der Waals surface area contributed by atoms with E-state index in [9.17, 15) is 10.0 Å². The smallest absolute Gasteiger partial charge is 0.350 e. The van der Waals surface area contributed by atoms with E-state index in [-0.39, 0.29) is 18.1 Å². The maximum absolute atomic E-state index is 13.6. The number of nitrogens with zero attached hydrogens (tertiary/aromatic N) is 7. The molecule has 174 valence electrons. The quantitative estimate of drug-likeness (QED) is 0.265. The molecule has 0 unspecified atom stereocenters. The molecule has 0 aliphatic carbocycles. The molecule has 0 spiro atoms. The molecule has 0 saturated carbocycles. The van der Waals surface area contributed by atoms with Crippen molar-refractivity contribution in [1.82, 2.24) is 24.3 Å². The molecule has 1 aromatic carbocycles. The lowest BCUT2D eigenvalue weighted by molar-refractivity contribution is -0.914. The van der Waals surface area contributed by atoms with E-state index in [1.807, 2.05) is 28.8 Å². The molecule has 0 radical (unpaired) electrons. The predicted octanol–water partition coefficient (Wildman–Crippen LogP) is 0.974. The van der Waals surface area contributed by atoms with Gasteiger partial charge in [-0.1, -0.05) is 18.1 Å². The van der Waals surface area contributed by atoms with Gasteiger partial charge in [-0.2, -0.15) is 5.10 Å². The van der Waals surface area contributed by atoms with E-state index in [1.54, 1.807) is 20.0 Å². The van der Waals surface area contributed by atoms with E-state index in [2.05, 4.69) is 26.8 Å². The normalized spacial score (nSPS) is 16.1. The third-order valence-corrected chi connectivity index (χ3v) is 6.28. The molecule has 0 amide bonds. The molecule has 3 N–H and O–H groups in total. The van der Waals surface area contributed by atoms with Crippen LogP contribution in [0, 0.1) is 18.8 Å². The highest BCUT2D eigenvalue weighted by molar-refractivity contribution is 5.79. The first-order valence-electron chi connectivity index (χ1n) is 11.3. The number of rotatable bonds is 4. The fraction of sp³-hybridized carbons (Fsp3) is 0.375. The largest absolute Gasteiger partial charge is 0.359 e. The molecule has 3 aromatic heterocycles. The number of aromatic nitrogens is 6. The minimum Gasteiger partial charge on any atom is -0.350 e. The number of fused-ring (bicyclic) bond motifs is 2. The van der Waals surface area contributed by atoms with E-state index < -0.39 is 0 Å². The van der Waals surface area contributed by atoms with E-state index in [1.165, 1.54) is 4.68 Å². The Balaban J connectivity index is 1.62. The van der Waals surface area contributed by atoms with Gasteiger partial charge >= 0.3 is 5.82 Å². The van der Waals surface area contributed by atoms with E-state index in [4.69, 9.17) is 10.7 Å². The Bertz CT molecular complexity index is 1510. The Morgan fingerprint density at radius 3 is 2.88 bits per heavy atom. The van der Waals surface area contributed by atoms with Crippen LogP contribution in [0.15, 0.2) is 35.3 Å². The summed E-state index contributed by atoms with van der Waals surface area (Å²) in [5.41, 5.74) is 8.19. The summed E-state index contributed by atoms with van der Waals surface area (Å²) in [6.07, 6.45) is 3.52. The number of hydrogen-bond acceptors (Lipinski definition) is 7. The number of imidazole rings is 1. The first kappa shape index (κ1) is 21.9. The highest BCUT2D eigenvalue weighted by atomic mass is 16.5. The first-order chi connectivity index (χ1) is 16.5. The van der Waals surface area contributed by atoms with E-state index in [0.717, 1.165) is 35.0 Å². The van der Waals surface area contributed by atoms with Crippen LogP contribution in [-0.4, -0.2) is 48.7 Å². The van der Waals surface area contributed by atoms with Gasteiger partial charge in [-0.15, -0.1) is 5.92 Å². The van der Waals surface area contributed by atoms with Crippen LogP contribution in [0.2, 0.25) is 0 Å². The molecule has 5 rings (SSSR count). The van der Waals surface area contributed by atoms with Crippen molar-refractivity contribution in [3.8, 4) is 11.8 Å². The van der Waals surface area contributed by atoms with Gasteiger partial charge in [-0.25, -0.2) is 9.67 Å². The van der Waals surface area contributed by atoms with Crippen molar-refractivity contribution in [1.29, 1.82) is 0 Å². The minimum atomic E-state index is -0.317. The summed E-state index contributed by atoms with van der Waals surface area (Å²) in [5, 5.41) is 15.9. The van der Waals surface area contributed by atoms with Crippen molar-refractivity contribution in [2.24, 2.45) is 5.73 Å². The van der Waals surface area contributed by atoms with Crippen molar-refractivity contribution in [3.63, 3.8) is 0 Å². The summed E-state index contributed by atoms with van der Waals surface area (Å²) in [5.74, 6) is 6.95. The molecule has 4 aromatic rings. The molecular formula is C24H27N8O2+. The van der Waals surface area contributed by atoms with Crippen LogP contribution in [0.4, 0.5) is 5.95 Å². The van der Waals surface area contributed by atoms with Crippen molar-refractivity contribution in [2.75, 3.05) is 18.0 Å². The van der Waals surface area contributed by atoms with Gasteiger partial charge in [0.25, 0.3) is 5.56 Å². The third-order valence-electron chi connectivity index (χ3n) is 6.28. The SMILES string of the molecule is CC#CCn1c(N2CCC[C@@H](N)C2)nc2cnn(Cc3nc4ccccc4c(C)[n+]3O)c(=O)c21. The number of nitrogens with two attached hydrogens (primary N) is 1. The van der Waals surface area contributed by atoms with Gasteiger partial charge in [0.1, 0.15) is 11.0 Å². The Morgan fingerprint density at radius 1 is 1.26 bits per heavy atom. The molecular weight excluding hydrogens is 432 g/mol. The zero-order chi connectivity index (χ0) is 23.8. The summed E-state index contributed by atoms with van der Waals surface area (Å²) in [6, 6.07) is 7.61. The van der Waals surface area contributed by atoms with Crippen LogP contribution in [-0.2, 0) is 13.1 Å². The zero-order valence-corrected chi connectivity index (χ0v) is 19.3. The lowest BCUT2D eigenvalue weighted by Gasteiger charge is -2.31. The monoisotopic (exact) mass is 459 g/mol. The summed E-state index contributed by atoms with van der Waals surface area (Å²) in [6.45, 7) is 5.41. The zero-order valence-electron chi connectivity index (χ0n) is 19.3.